The fourth-order valence-corrected chi connectivity index (χ4v) is 1.59. The van der Waals surface area contributed by atoms with Crippen LogP contribution in [0.25, 0.3) is 0 Å². The van der Waals surface area contributed by atoms with E-state index in [0.717, 1.165) is 24.1 Å². The van der Waals surface area contributed by atoms with Gasteiger partial charge in [0.25, 0.3) is 0 Å². The van der Waals surface area contributed by atoms with E-state index in [-0.39, 0.29) is 0 Å². The standard InChI is InChI=1S/C13H21NO2/c1-3-7-14-9-13(15)12-6-4-5-11(8-12)10-16-2/h4-6,8,13-15H,3,7,9-10H2,1-2H3. The molecule has 0 saturated heterocycles. The molecule has 0 amide bonds. The van der Waals surface area contributed by atoms with Gasteiger partial charge < -0.3 is 15.2 Å². The molecule has 3 heteroatoms. The van der Waals surface area contributed by atoms with Crippen LogP contribution in [0.5, 0.6) is 0 Å². The highest BCUT2D eigenvalue weighted by Gasteiger charge is 2.06. The van der Waals surface area contributed by atoms with E-state index < -0.39 is 6.10 Å². The number of aliphatic hydroxyl groups excluding tert-OH is 1. The van der Waals surface area contributed by atoms with E-state index in [0.29, 0.717) is 13.2 Å². The van der Waals surface area contributed by atoms with E-state index >= 15 is 0 Å². The van der Waals surface area contributed by atoms with Gasteiger partial charge in [0, 0.05) is 13.7 Å². The van der Waals surface area contributed by atoms with Gasteiger partial charge in [0.05, 0.1) is 12.7 Å². The lowest BCUT2D eigenvalue weighted by Gasteiger charge is -2.12. The second-order valence-corrected chi connectivity index (χ2v) is 3.90. The highest BCUT2D eigenvalue weighted by Crippen LogP contribution is 2.14. The van der Waals surface area contributed by atoms with Crippen molar-refractivity contribution >= 4 is 0 Å². The number of hydrogen-bond donors (Lipinski definition) is 2. The molecule has 0 spiro atoms. The number of hydrogen-bond acceptors (Lipinski definition) is 3. The molecule has 0 radical (unpaired) electrons. The second-order valence-electron chi connectivity index (χ2n) is 3.90. The Morgan fingerprint density at radius 1 is 1.44 bits per heavy atom. The fourth-order valence-electron chi connectivity index (χ4n) is 1.59. The minimum Gasteiger partial charge on any atom is -0.387 e. The molecule has 0 heterocycles. The van der Waals surface area contributed by atoms with E-state index in [4.69, 9.17) is 4.74 Å². The summed E-state index contributed by atoms with van der Waals surface area (Å²) in [7, 11) is 1.67. The first-order valence-electron chi connectivity index (χ1n) is 5.74. The van der Waals surface area contributed by atoms with Crippen molar-refractivity contribution in [2.45, 2.75) is 26.1 Å². The first-order valence-corrected chi connectivity index (χ1v) is 5.74. The molecular formula is C13H21NO2. The molecule has 0 fully saturated rings. The minimum atomic E-state index is -0.441. The van der Waals surface area contributed by atoms with Crippen LogP contribution in [0, 0.1) is 0 Å². The number of rotatable bonds is 7. The van der Waals surface area contributed by atoms with Gasteiger partial charge >= 0.3 is 0 Å². The van der Waals surface area contributed by atoms with Crippen LogP contribution < -0.4 is 5.32 Å². The summed E-state index contributed by atoms with van der Waals surface area (Å²) in [5, 5.41) is 13.1. The highest BCUT2D eigenvalue weighted by atomic mass is 16.5. The van der Waals surface area contributed by atoms with Crippen molar-refractivity contribution in [2.75, 3.05) is 20.2 Å². The zero-order chi connectivity index (χ0) is 11.8. The molecule has 3 nitrogen and oxygen atoms in total. The van der Waals surface area contributed by atoms with Gasteiger partial charge in [-0.3, -0.25) is 0 Å². The maximum Gasteiger partial charge on any atom is 0.0914 e. The third kappa shape index (κ3) is 4.31. The molecule has 90 valence electrons. The zero-order valence-corrected chi connectivity index (χ0v) is 10.1. The van der Waals surface area contributed by atoms with Crippen LogP contribution in [0.4, 0.5) is 0 Å². The highest BCUT2D eigenvalue weighted by molar-refractivity contribution is 5.24. The molecule has 0 aliphatic carbocycles. The first kappa shape index (κ1) is 13.2. The number of aliphatic hydroxyl groups is 1. The Balaban J connectivity index is 2.53. The monoisotopic (exact) mass is 223 g/mol. The molecule has 16 heavy (non-hydrogen) atoms. The van der Waals surface area contributed by atoms with Crippen LogP contribution in [-0.4, -0.2) is 25.3 Å². The lowest BCUT2D eigenvalue weighted by molar-refractivity contribution is 0.172. The summed E-state index contributed by atoms with van der Waals surface area (Å²) in [5.41, 5.74) is 2.03. The molecule has 1 aromatic carbocycles. The number of nitrogens with one attached hydrogen (secondary N) is 1. The second kappa shape index (κ2) is 7.39. The Hall–Kier alpha value is -0.900. The summed E-state index contributed by atoms with van der Waals surface area (Å²) in [6.45, 7) is 4.24. The van der Waals surface area contributed by atoms with Crippen molar-refractivity contribution in [3.05, 3.63) is 35.4 Å². The molecule has 0 bridgehead atoms. The molecule has 1 rings (SSSR count). The lowest BCUT2D eigenvalue weighted by Crippen LogP contribution is -2.22. The summed E-state index contributed by atoms with van der Waals surface area (Å²) < 4.78 is 5.06. The van der Waals surface area contributed by atoms with Gasteiger partial charge in [0.1, 0.15) is 0 Å². The van der Waals surface area contributed by atoms with Gasteiger partial charge in [-0.25, -0.2) is 0 Å². The lowest BCUT2D eigenvalue weighted by atomic mass is 10.1. The number of methoxy groups -OCH3 is 1. The van der Waals surface area contributed by atoms with E-state index in [2.05, 4.69) is 12.2 Å². The Kier molecular flexibility index (Phi) is 6.08. The molecule has 0 aliphatic rings. The van der Waals surface area contributed by atoms with Crippen LogP contribution in [0.1, 0.15) is 30.6 Å². The van der Waals surface area contributed by atoms with Crippen LogP contribution in [0.2, 0.25) is 0 Å². The van der Waals surface area contributed by atoms with Crippen LogP contribution in [-0.2, 0) is 11.3 Å². The average molecular weight is 223 g/mol. The van der Waals surface area contributed by atoms with E-state index in [1.807, 2.05) is 24.3 Å². The van der Waals surface area contributed by atoms with Crippen LogP contribution in [0.3, 0.4) is 0 Å². The third-order valence-corrected chi connectivity index (χ3v) is 2.41. The largest absolute Gasteiger partial charge is 0.387 e. The molecule has 0 aliphatic heterocycles. The summed E-state index contributed by atoms with van der Waals surface area (Å²) in [5.74, 6) is 0. The van der Waals surface area contributed by atoms with Gasteiger partial charge in [-0.2, -0.15) is 0 Å². The summed E-state index contributed by atoms with van der Waals surface area (Å²) in [6.07, 6.45) is 0.638. The normalized spacial score (nSPS) is 12.7. The van der Waals surface area contributed by atoms with Gasteiger partial charge in [-0.15, -0.1) is 0 Å². The molecule has 1 aromatic rings. The van der Waals surface area contributed by atoms with Crippen molar-refractivity contribution in [2.24, 2.45) is 0 Å². The van der Waals surface area contributed by atoms with Crippen molar-refractivity contribution in [3.63, 3.8) is 0 Å². The van der Waals surface area contributed by atoms with E-state index in [9.17, 15) is 5.11 Å². The molecule has 2 N–H and O–H groups in total. The Morgan fingerprint density at radius 2 is 2.25 bits per heavy atom. The molecular weight excluding hydrogens is 202 g/mol. The minimum absolute atomic E-state index is 0.441. The summed E-state index contributed by atoms with van der Waals surface area (Å²) in [4.78, 5) is 0. The van der Waals surface area contributed by atoms with E-state index in [1.54, 1.807) is 7.11 Å². The molecule has 1 atom stereocenters. The zero-order valence-electron chi connectivity index (χ0n) is 10.1. The average Bonchev–Trinajstić information content (AvgIpc) is 2.30. The van der Waals surface area contributed by atoms with Crippen LogP contribution >= 0.6 is 0 Å². The summed E-state index contributed by atoms with van der Waals surface area (Å²) in [6, 6.07) is 7.88. The van der Waals surface area contributed by atoms with Crippen molar-refractivity contribution < 1.29 is 9.84 Å². The quantitative estimate of drug-likeness (QED) is 0.693. The molecule has 0 aromatic heterocycles. The van der Waals surface area contributed by atoms with Gasteiger partial charge in [-0.1, -0.05) is 31.2 Å². The smallest absolute Gasteiger partial charge is 0.0914 e. The Morgan fingerprint density at radius 3 is 2.94 bits per heavy atom. The predicted octanol–water partition coefficient (Wildman–Crippen LogP) is 1.87. The summed E-state index contributed by atoms with van der Waals surface area (Å²) >= 11 is 0. The van der Waals surface area contributed by atoms with E-state index in [1.165, 1.54) is 0 Å². The van der Waals surface area contributed by atoms with Crippen LogP contribution in [0.15, 0.2) is 24.3 Å². The Labute approximate surface area is 97.4 Å². The number of benzene rings is 1. The third-order valence-electron chi connectivity index (χ3n) is 2.41. The van der Waals surface area contributed by atoms with Gasteiger partial charge in [-0.05, 0) is 24.1 Å². The predicted molar refractivity (Wildman–Crippen MR) is 65.3 cm³/mol. The molecule has 0 saturated carbocycles. The Bertz CT molecular complexity index is 302. The van der Waals surface area contributed by atoms with Gasteiger partial charge in [0.15, 0.2) is 0 Å². The van der Waals surface area contributed by atoms with Gasteiger partial charge in [0.2, 0.25) is 0 Å². The fraction of sp³-hybridized carbons (Fsp3) is 0.538. The van der Waals surface area contributed by atoms with Crippen molar-refractivity contribution in [3.8, 4) is 0 Å². The maximum atomic E-state index is 9.94. The molecule has 1 unspecified atom stereocenters. The topological polar surface area (TPSA) is 41.5 Å². The number of ether oxygens (including phenoxy) is 1. The maximum absolute atomic E-state index is 9.94. The van der Waals surface area contributed by atoms with Crippen molar-refractivity contribution in [1.29, 1.82) is 0 Å². The SMILES string of the molecule is CCCNCC(O)c1cccc(COC)c1. The van der Waals surface area contributed by atoms with Crippen molar-refractivity contribution in [1.82, 2.24) is 5.32 Å². The first-order chi connectivity index (χ1) is 7.77.